The molecule has 0 amide bonds. The molecule has 3 N–H and O–H groups in total. The van der Waals surface area contributed by atoms with Crippen molar-refractivity contribution in [2.24, 2.45) is 0 Å². The topological polar surface area (TPSA) is 130 Å². The lowest BCUT2D eigenvalue weighted by Gasteiger charge is -2.17. The number of benzene rings is 3. The summed E-state index contributed by atoms with van der Waals surface area (Å²) in [5.41, 5.74) is 0.517. The average molecular weight is 631 g/mol. The number of aromatic nitrogens is 4. The molecule has 3 aromatic carbocycles. The van der Waals surface area contributed by atoms with Crippen LogP contribution in [0, 0.1) is 5.82 Å². The minimum atomic E-state index is -4.11. The number of unbranched alkanes of at least 4 members (excludes halogenated alkanes) is 1. The van der Waals surface area contributed by atoms with E-state index in [9.17, 15) is 22.4 Å². The van der Waals surface area contributed by atoms with Crippen molar-refractivity contribution in [1.29, 1.82) is 0 Å². The number of halogens is 3. The molecule has 1 unspecified atom stereocenters. The van der Waals surface area contributed by atoms with Gasteiger partial charge in [0.15, 0.2) is 5.65 Å². The first-order chi connectivity index (χ1) is 20.1. The molecule has 1 atom stereocenters. The number of imidazole rings is 1. The quantitative estimate of drug-likeness (QED) is 0.179. The molecule has 13 heteroatoms. The van der Waals surface area contributed by atoms with Crippen LogP contribution < -0.4 is 16.0 Å². The number of anilines is 1. The van der Waals surface area contributed by atoms with Gasteiger partial charge >= 0.3 is 5.69 Å². The molecule has 5 aromatic rings. The van der Waals surface area contributed by atoms with E-state index < -0.39 is 33.0 Å². The molecule has 0 aliphatic rings. The molecule has 9 nitrogen and oxygen atoms in total. The lowest BCUT2D eigenvalue weighted by molar-refractivity contribution is 0.597. The van der Waals surface area contributed by atoms with Crippen molar-refractivity contribution in [2.45, 2.75) is 43.5 Å². The zero-order chi connectivity index (χ0) is 30.0. The summed E-state index contributed by atoms with van der Waals surface area (Å²) in [4.78, 5) is 35.0. The summed E-state index contributed by atoms with van der Waals surface area (Å²) in [6.07, 6.45) is 1.71. The number of nitrogens with zero attached hydrogens (tertiary/aromatic N) is 2. The number of fused-ring (bicyclic) bond motifs is 1. The van der Waals surface area contributed by atoms with E-state index in [-0.39, 0.29) is 38.2 Å². The van der Waals surface area contributed by atoms with E-state index in [4.69, 9.17) is 23.2 Å². The monoisotopic (exact) mass is 629 g/mol. The Morgan fingerprint density at radius 1 is 0.976 bits per heavy atom. The van der Waals surface area contributed by atoms with Crippen molar-refractivity contribution in [2.75, 3.05) is 4.72 Å². The Labute approximate surface area is 250 Å². The number of aromatic amines is 2. The molecule has 5 rings (SSSR count). The largest absolute Gasteiger partial charge is 0.336 e. The van der Waals surface area contributed by atoms with Crippen molar-refractivity contribution in [1.82, 2.24) is 19.5 Å². The molecule has 42 heavy (non-hydrogen) atoms. The number of sulfonamides is 1. The lowest BCUT2D eigenvalue weighted by atomic mass is 9.91. The van der Waals surface area contributed by atoms with Crippen LogP contribution in [0.1, 0.15) is 42.6 Å². The van der Waals surface area contributed by atoms with E-state index >= 15 is 0 Å². The smallest absolute Gasteiger partial charge is 0.330 e. The fraction of sp³-hybridized carbons (Fsp3) is 0.207. The van der Waals surface area contributed by atoms with Gasteiger partial charge in [0, 0.05) is 18.2 Å². The third-order valence-corrected chi connectivity index (χ3v) is 9.19. The zero-order valence-electron chi connectivity index (χ0n) is 22.3. The third kappa shape index (κ3) is 5.99. The molecule has 0 radical (unpaired) electrons. The van der Waals surface area contributed by atoms with E-state index in [1.807, 2.05) is 6.92 Å². The second-order valence-corrected chi connectivity index (χ2v) is 12.1. The summed E-state index contributed by atoms with van der Waals surface area (Å²) >= 11 is 12.2. The fourth-order valence-electron chi connectivity index (χ4n) is 4.73. The summed E-state index contributed by atoms with van der Waals surface area (Å²) in [5.74, 6) is -0.629. The highest BCUT2D eigenvalue weighted by atomic mass is 35.5. The Bertz CT molecular complexity index is 1970. The Morgan fingerprint density at radius 3 is 2.33 bits per heavy atom. The predicted octanol–water partition coefficient (Wildman–Crippen LogP) is 5.83. The van der Waals surface area contributed by atoms with E-state index in [0.29, 0.717) is 29.9 Å². The normalized spacial score (nSPS) is 12.5. The van der Waals surface area contributed by atoms with Crippen molar-refractivity contribution in [3.8, 4) is 0 Å². The van der Waals surface area contributed by atoms with Crippen LogP contribution in [-0.2, 0) is 23.0 Å². The summed E-state index contributed by atoms with van der Waals surface area (Å²) in [7, 11) is -4.11. The van der Waals surface area contributed by atoms with Crippen LogP contribution in [-0.4, -0.2) is 27.9 Å². The summed E-state index contributed by atoms with van der Waals surface area (Å²) < 4.78 is 44.7. The van der Waals surface area contributed by atoms with E-state index in [0.717, 1.165) is 6.42 Å². The molecule has 0 spiro atoms. The van der Waals surface area contributed by atoms with Gasteiger partial charge in [0.2, 0.25) is 0 Å². The maximum absolute atomic E-state index is 14.8. The number of H-pyrrole nitrogens is 2. The highest BCUT2D eigenvalue weighted by Gasteiger charge is 2.25. The first kappa shape index (κ1) is 29.6. The standard InChI is InChI=1S/C29H26Cl2FN5O4S/c1-2-3-15-37-27-24(28(38)35-29(37)39)33-26(34-27)20(16-18-7-4-5-10-23(18)32)17-11-13-19(14-12-17)36-42(40,41)25-21(30)8-6-9-22(25)31/h4-14,20,36H,2-3,15-16H2,1H3,(H,33,34)(H,35,38,39). The van der Waals surface area contributed by atoms with Gasteiger partial charge in [-0.05, 0) is 54.3 Å². The van der Waals surface area contributed by atoms with Crippen molar-refractivity contribution < 1.29 is 12.8 Å². The number of aryl methyl sites for hydroxylation is 1. The minimum Gasteiger partial charge on any atom is -0.336 e. The van der Waals surface area contributed by atoms with E-state index in [1.54, 1.807) is 48.5 Å². The van der Waals surface area contributed by atoms with Gasteiger partial charge in [-0.25, -0.2) is 22.6 Å². The Morgan fingerprint density at radius 2 is 1.67 bits per heavy atom. The molecule has 218 valence electrons. The van der Waals surface area contributed by atoms with Crippen LogP contribution in [0.2, 0.25) is 10.0 Å². The highest BCUT2D eigenvalue weighted by molar-refractivity contribution is 7.93. The predicted molar refractivity (Wildman–Crippen MR) is 162 cm³/mol. The minimum absolute atomic E-state index is 0.0196. The van der Waals surface area contributed by atoms with Gasteiger partial charge in [-0.15, -0.1) is 0 Å². The second kappa shape index (κ2) is 12.1. The Kier molecular flexibility index (Phi) is 8.53. The molecule has 0 saturated heterocycles. The molecule has 0 aliphatic heterocycles. The van der Waals surface area contributed by atoms with Gasteiger partial charge in [-0.1, -0.05) is 72.9 Å². The number of hydrogen-bond donors (Lipinski definition) is 3. The Hall–Kier alpha value is -3.93. The maximum Gasteiger partial charge on any atom is 0.330 e. The van der Waals surface area contributed by atoms with Crippen LogP contribution in [0.15, 0.2) is 81.2 Å². The molecule has 0 fully saturated rings. The van der Waals surface area contributed by atoms with Crippen LogP contribution in [0.4, 0.5) is 10.1 Å². The number of hydrogen-bond acceptors (Lipinski definition) is 5. The van der Waals surface area contributed by atoms with Gasteiger partial charge in [0.25, 0.3) is 15.6 Å². The summed E-state index contributed by atoms with van der Waals surface area (Å²) in [6, 6.07) is 17.2. The van der Waals surface area contributed by atoms with Crippen molar-refractivity contribution in [3.63, 3.8) is 0 Å². The molecular formula is C29H26Cl2FN5O4S. The molecule has 0 bridgehead atoms. The van der Waals surface area contributed by atoms with Gasteiger partial charge in [-0.2, -0.15) is 0 Å². The van der Waals surface area contributed by atoms with Crippen molar-refractivity contribution >= 4 is 50.1 Å². The lowest BCUT2D eigenvalue weighted by Crippen LogP contribution is -2.30. The first-order valence-corrected chi connectivity index (χ1v) is 15.4. The molecule has 2 heterocycles. The number of rotatable bonds is 10. The highest BCUT2D eigenvalue weighted by Crippen LogP contribution is 2.32. The van der Waals surface area contributed by atoms with E-state index in [1.165, 1.54) is 22.8 Å². The van der Waals surface area contributed by atoms with Crippen LogP contribution >= 0.6 is 23.2 Å². The summed E-state index contributed by atoms with van der Waals surface area (Å²) in [5, 5.41) is -0.0392. The van der Waals surface area contributed by atoms with Crippen LogP contribution in [0.5, 0.6) is 0 Å². The maximum atomic E-state index is 14.8. The summed E-state index contributed by atoms with van der Waals surface area (Å²) in [6.45, 7) is 2.36. The van der Waals surface area contributed by atoms with Gasteiger partial charge in [-0.3, -0.25) is 19.1 Å². The van der Waals surface area contributed by atoms with Gasteiger partial charge in [0.05, 0.1) is 10.0 Å². The average Bonchev–Trinajstić information content (AvgIpc) is 3.38. The molecular weight excluding hydrogens is 604 g/mol. The zero-order valence-corrected chi connectivity index (χ0v) is 24.7. The SMILES string of the molecule is CCCCn1c(=O)[nH]c(=O)c2[nH]c(C(Cc3ccccc3F)c3ccc(NS(=O)(=O)c4c(Cl)cccc4Cl)cc3)nc21. The molecule has 0 saturated carbocycles. The second-order valence-electron chi connectivity index (χ2n) is 9.71. The molecule has 0 aliphatic carbocycles. The fourth-order valence-corrected chi connectivity index (χ4v) is 6.94. The van der Waals surface area contributed by atoms with E-state index in [2.05, 4.69) is 19.7 Å². The van der Waals surface area contributed by atoms with Gasteiger partial charge < -0.3 is 4.98 Å². The number of nitrogens with one attached hydrogen (secondary N) is 3. The molecule has 2 aromatic heterocycles. The van der Waals surface area contributed by atoms with Crippen LogP contribution in [0.25, 0.3) is 11.2 Å². The van der Waals surface area contributed by atoms with Crippen molar-refractivity contribution in [3.05, 3.63) is 120 Å². The van der Waals surface area contributed by atoms with Crippen LogP contribution in [0.3, 0.4) is 0 Å². The first-order valence-electron chi connectivity index (χ1n) is 13.1. The van der Waals surface area contributed by atoms with Gasteiger partial charge in [0.1, 0.15) is 22.1 Å². The Balaban J connectivity index is 1.56. The third-order valence-electron chi connectivity index (χ3n) is 6.85.